The zero-order valence-corrected chi connectivity index (χ0v) is 17.5. The average molecular weight is 444 g/mol. The molecule has 0 spiro atoms. The molecule has 1 fully saturated rings. The quantitative estimate of drug-likeness (QED) is 0.630. The molecule has 1 aliphatic heterocycles. The molecule has 28 heavy (non-hydrogen) atoms. The number of hydrogen-bond acceptors (Lipinski definition) is 2. The third-order valence-corrected chi connectivity index (χ3v) is 5.98. The van der Waals surface area contributed by atoms with Crippen molar-refractivity contribution in [3.05, 3.63) is 70.1 Å². The maximum absolute atomic E-state index is 13.1. The predicted octanol–water partition coefficient (Wildman–Crippen LogP) is 4.80. The smallest absolute Gasteiger partial charge is 0.270 e. The van der Waals surface area contributed by atoms with Crippen molar-refractivity contribution in [2.45, 2.75) is 32.5 Å². The van der Waals surface area contributed by atoms with E-state index in [-0.39, 0.29) is 23.8 Å². The van der Waals surface area contributed by atoms with Crippen LogP contribution in [0.25, 0.3) is 10.9 Å². The third kappa shape index (κ3) is 3.84. The second-order valence-corrected chi connectivity index (χ2v) is 8.54. The monoisotopic (exact) mass is 443 g/mol. The topological polar surface area (TPSA) is 39.3 Å². The van der Waals surface area contributed by atoms with Gasteiger partial charge in [-0.1, -0.05) is 28.1 Å². The number of nitrogens with zero attached hydrogens (tertiary/aromatic N) is 2. The Labute approximate surface area is 172 Å². The van der Waals surface area contributed by atoms with E-state index in [1.807, 2.05) is 41.3 Å². The van der Waals surface area contributed by atoms with Crippen molar-refractivity contribution in [2.24, 2.45) is 0 Å². The van der Waals surface area contributed by atoms with Crippen molar-refractivity contribution in [3.8, 4) is 0 Å². The first-order valence-electron chi connectivity index (χ1n) is 9.48. The lowest BCUT2D eigenvalue weighted by Gasteiger charge is -2.44. The molecule has 0 unspecified atom stereocenters. The van der Waals surface area contributed by atoms with Gasteiger partial charge in [0.2, 0.25) is 0 Å². The SMILES string of the molecule is C[C@@H]1CN(C(=O)c2cc3cc(Br)ccc3[nH]2)[C@@H](C)CN1Cc1ccc(F)cc1. The number of nitrogens with one attached hydrogen (secondary N) is 1. The Morgan fingerprint density at radius 1 is 1.11 bits per heavy atom. The molecule has 3 aromatic rings. The van der Waals surface area contributed by atoms with Crippen LogP contribution < -0.4 is 0 Å². The fourth-order valence-electron chi connectivity index (χ4n) is 3.90. The van der Waals surface area contributed by atoms with Crippen LogP contribution in [0.15, 0.2) is 53.0 Å². The molecule has 0 aliphatic carbocycles. The van der Waals surface area contributed by atoms with Gasteiger partial charge in [-0.2, -0.15) is 0 Å². The minimum absolute atomic E-state index is 0.0353. The highest BCUT2D eigenvalue weighted by Crippen LogP contribution is 2.24. The summed E-state index contributed by atoms with van der Waals surface area (Å²) >= 11 is 3.47. The van der Waals surface area contributed by atoms with Crippen LogP contribution in [-0.2, 0) is 6.54 Å². The molecule has 1 aliphatic rings. The molecule has 4 rings (SSSR count). The summed E-state index contributed by atoms with van der Waals surface area (Å²) < 4.78 is 14.1. The second kappa shape index (κ2) is 7.68. The maximum atomic E-state index is 13.1. The summed E-state index contributed by atoms with van der Waals surface area (Å²) in [5, 5.41) is 1.02. The van der Waals surface area contributed by atoms with Gasteiger partial charge in [-0.15, -0.1) is 0 Å². The predicted molar refractivity (Wildman–Crippen MR) is 113 cm³/mol. The van der Waals surface area contributed by atoms with Crippen LogP contribution in [0.4, 0.5) is 4.39 Å². The Bertz CT molecular complexity index is 1000. The van der Waals surface area contributed by atoms with E-state index in [4.69, 9.17) is 0 Å². The fourth-order valence-corrected chi connectivity index (χ4v) is 4.28. The fraction of sp³-hybridized carbons (Fsp3) is 0.318. The number of rotatable bonds is 3. The van der Waals surface area contributed by atoms with Crippen LogP contribution in [-0.4, -0.2) is 45.9 Å². The molecule has 1 N–H and O–H groups in total. The van der Waals surface area contributed by atoms with Crippen molar-refractivity contribution >= 4 is 32.7 Å². The molecule has 1 amide bonds. The molecule has 1 saturated heterocycles. The largest absolute Gasteiger partial charge is 0.351 e. The molecule has 0 saturated carbocycles. The molecule has 0 bridgehead atoms. The summed E-state index contributed by atoms with van der Waals surface area (Å²) in [5.41, 5.74) is 2.67. The van der Waals surface area contributed by atoms with Crippen molar-refractivity contribution in [1.29, 1.82) is 0 Å². The summed E-state index contributed by atoms with van der Waals surface area (Å²) in [5.74, 6) is -0.181. The van der Waals surface area contributed by atoms with Gasteiger partial charge in [-0.3, -0.25) is 9.69 Å². The number of hydrogen-bond donors (Lipinski definition) is 1. The molecule has 2 heterocycles. The summed E-state index contributed by atoms with van der Waals surface area (Å²) in [6.07, 6.45) is 0. The van der Waals surface area contributed by atoms with E-state index < -0.39 is 0 Å². The van der Waals surface area contributed by atoms with Crippen molar-refractivity contribution in [2.75, 3.05) is 13.1 Å². The average Bonchev–Trinajstić information content (AvgIpc) is 3.09. The molecule has 1 aromatic heterocycles. The number of benzene rings is 2. The van der Waals surface area contributed by atoms with Gasteiger partial charge in [-0.25, -0.2) is 4.39 Å². The first kappa shape index (κ1) is 19.2. The van der Waals surface area contributed by atoms with Crippen LogP contribution in [0.5, 0.6) is 0 Å². The summed E-state index contributed by atoms with van der Waals surface area (Å²) in [6, 6.07) is 14.8. The van der Waals surface area contributed by atoms with Crippen LogP contribution >= 0.6 is 15.9 Å². The van der Waals surface area contributed by atoms with Gasteiger partial charge in [0, 0.05) is 47.1 Å². The highest BCUT2D eigenvalue weighted by molar-refractivity contribution is 9.10. The Hall–Kier alpha value is -2.18. The lowest BCUT2D eigenvalue weighted by Crippen LogP contribution is -2.57. The number of carbonyl (C=O) groups excluding carboxylic acids is 1. The Morgan fingerprint density at radius 3 is 2.61 bits per heavy atom. The molecule has 0 radical (unpaired) electrons. The van der Waals surface area contributed by atoms with E-state index in [0.717, 1.165) is 34.0 Å². The van der Waals surface area contributed by atoms with E-state index >= 15 is 0 Å². The first-order valence-corrected chi connectivity index (χ1v) is 10.3. The highest BCUT2D eigenvalue weighted by Gasteiger charge is 2.32. The number of fused-ring (bicyclic) bond motifs is 1. The molecule has 2 aromatic carbocycles. The van der Waals surface area contributed by atoms with E-state index in [2.05, 4.69) is 39.7 Å². The number of halogens is 2. The first-order chi connectivity index (χ1) is 13.4. The van der Waals surface area contributed by atoms with Gasteiger partial charge in [0.1, 0.15) is 11.5 Å². The van der Waals surface area contributed by atoms with Gasteiger partial charge in [0.25, 0.3) is 5.91 Å². The van der Waals surface area contributed by atoms with Gasteiger partial charge in [0.15, 0.2) is 0 Å². The lowest BCUT2D eigenvalue weighted by molar-refractivity contribution is 0.0287. The Balaban J connectivity index is 1.48. The Morgan fingerprint density at radius 2 is 1.86 bits per heavy atom. The zero-order chi connectivity index (χ0) is 19.8. The van der Waals surface area contributed by atoms with E-state index in [9.17, 15) is 9.18 Å². The molecule has 2 atom stereocenters. The van der Waals surface area contributed by atoms with E-state index in [0.29, 0.717) is 12.2 Å². The molecule has 4 nitrogen and oxygen atoms in total. The van der Waals surface area contributed by atoms with Gasteiger partial charge in [0.05, 0.1) is 0 Å². The highest BCUT2D eigenvalue weighted by atomic mass is 79.9. The molecule has 6 heteroatoms. The summed E-state index contributed by atoms with van der Waals surface area (Å²) in [6.45, 7) is 6.43. The van der Waals surface area contributed by atoms with E-state index in [1.165, 1.54) is 12.1 Å². The number of carbonyl (C=O) groups is 1. The number of piperazine rings is 1. The minimum atomic E-state index is -0.217. The standard InChI is InChI=1S/C22H23BrFN3O/c1-14-12-27(15(2)11-26(14)13-16-3-6-19(24)7-4-16)22(28)21-10-17-9-18(23)5-8-20(17)25-21/h3-10,14-15,25H,11-13H2,1-2H3/t14-,15+/m1/s1. The van der Waals surface area contributed by atoms with Crippen LogP contribution in [0.2, 0.25) is 0 Å². The molecular weight excluding hydrogens is 421 g/mol. The lowest BCUT2D eigenvalue weighted by atomic mass is 10.1. The van der Waals surface area contributed by atoms with Crippen LogP contribution in [0.3, 0.4) is 0 Å². The second-order valence-electron chi connectivity index (χ2n) is 7.63. The number of H-pyrrole nitrogens is 1. The summed E-state index contributed by atoms with van der Waals surface area (Å²) in [7, 11) is 0. The molecule has 146 valence electrons. The maximum Gasteiger partial charge on any atom is 0.270 e. The van der Waals surface area contributed by atoms with Gasteiger partial charge in [-0.05, 0) is 55.8 Å². The van der Waals surface area contributed by atoms with Crippen molar-refractivity contribution in [3.63, 3.8) is 0 Å². The number of amides is 1. The third-order valence-electron chi connectivity index (χ3n) is 5.49. The minimum Gasteiger partial charge on any atom is -0.351 e. The van der Waals surface area contributed by atoms with Crippen LogP contribution in [0, 0.1) is 5.82 Å². The van der Waals surface area contributed by atoms with Gasteiger partial charge < -0.3 is 9.88 Å². The summed E-state index contributed by atoms with van der Waals surface area (Å²) in [4.78, 5) is 20.7. The number of aromatic amines is 1. The Kier molecular flexibility index (Phi) is 5.25. The van der Waals surface area contributed by atoms with Gasteiger partial charge >= 0.3 is 0 Å². The zero-order valence-electron chi connectivity index (χ0n) is 16.0. The normalized spacial score (nSPS) is 20.6. The molecular formula is C22H23BrFN3O. The number of aromatic nitrogens is 1. The van der Waals surface area contributed by atoms with Crippen LogP contribution in [0.1, 0.15) is 29.9 Å². The van der Waals surface area contributed by atoms with Crippen molar-refractivity contribution < 1.29 is 9.18 Å². The van der Waals surface area contributed by atoms with E-state index in [1.54, 1.807) is 0 Å². The van der Waals surface area contributed by atoms with Crippen molar-refractivity contribution in [1.82, 2.24) is 14.8 Å².